The number of nitrogens with zero attached hydrogens (tertiary/aromatic N) is 3. The van der Waals surface area contributed by atoms with Gasteiger partial charge in [0, 0.05) is 10.6 Å². The van der Waals surface area contributed by atoms with Crippen molar-refractivity contribution in [1.82, 2.24) is 14.8 Å². The van der Waals surface area contributed by atoms with Crippen LogP contribution in [0.5, 0.6) is 11.5 Å². The molecule has 9 heteroatoms. The molecule has 1 heterocycles. The molecule has 1 atom stereocenters. The van der Waals surface area contributed by atoms with Gasteiger partial charge in [-0.15, -0.1) is 5.92 Å². The lowest BCUT2D eigenvalue weighted by molar-refractivity contribution is -0.140. The Morgan fingerprint density at radius 1 is 1.10 bits per heavy atom. The minimum absolute atomic E-state index is 0.0454. The lowest BCUT2D eigenvalue weighted by Gasteiger charge is -2.26. The molecule has 1 aromatic heterocycles. The molecule has 0 aliphatic heterocycles. The molecule has 150 valence electrons. The zero-order valence-electron chi connectivity index (χ0n) is 15.1. The minimum atomic E-state index is -4.75. The van der Waals surface area contributed by atoms with Gasteiger partial charge in [-0.1, -0.05) is 23.6 Å². The first kappa shape index (κ1) is 20.7. The number of benzene rings is 2. The molecule has 0 amide bonds. The van der Waals surface area contributed by atoms with Crippen molar-refractivity contribution in [3.63, 3.8) is 0 Å². The highest BCUT2D eigenvalue weighted by molar-refractivity contribution is 6.30. The molecule has 1 N–H and O–H groups in total. The molecule has 29 heavy (non-hydrogen) atoms. The summed E-state index contributed by atoms with van der Waals surface area (Å²) in [6.45, 7) is 1.10. The summed E-state index contributed by atoms with van der Waals surface area (Å²) in [5.41, 5.74) is -3.60. The number of hydrogen-bond donors (Lipinski definition) is 1. The van der Waals surface area contributed by atoms with Gasteiger partial charge in [-0.2, -0.15) is 18.3 Å². The second-order valence-electron chi connectivity index (χ2n) is 6.09. The van der Waals surface area contributed by atoms with Gasteiger partial charge in [0.15, 0.2) is 5.60 Å². The lowest BCUT2D eigenvalue weighted by atomic mass is 9.89. The topological polar surface area (TPSA) is 60.2 Å². The molecule has 0 saturated carbocycles. The van der Waals surface area contributed by atoms with Gasteiger partial charge in [-0.3, -0.25) is 0 Å². The maximum absolute atomic E-state index is 13.8. The van der Waals surface area contributed by atoms with Gasteiger partial charge < -0.3 is 9.84 Å². The predicted octanol–water partition coefficient (Wildman–Crippen LogP) is 4.65. The zero-order valence-corrected chi connectivity index (χ0v) is 15.9. The SMILES string of the molecule is CC#C[C@@](O)(Cn1cncn1)c1ccc(Oc2ccc(Cl)cc2)cc1C(F)(F)F. The van der Waals surface area contributed by atoms with Crippen molar-refractivity contribution in [2.45, 2.75) is 25.2 Å². The third kappa shape index (κ3) is 4.88. The van der Waals surface area contributed by atoms with Crippen LogP contribution in [0.25, 0.3) is 0 Å². The van der Waals surface area contributed by atoms with Crippen LogP contribution in [0.4, 0.5) is 13.2 Å². The van der Waals surface area contributed by atoms with Crippen molar-refractivity contribution >= 4 is 11.6 Å². The summed E-state index contributed by atoms with van der Waals surface area (Å²) in [5.74, 6) is 5.22. The van der Waals surface area contributed by atoms with Crippen molar-refractivity contribution in [2.24, 2.45) is 0 Å². The highest BCUT2D eigenvalue weighted by Gasteiger charge is 2.41. The van der Waals surface area contributed by atoms with Gasteiger partial charge in [0.1, 0.15) is 24.2 Å². The van der Waals surface area contributed by atoms with Gasteiger partial charge in [-0.25, -0.2) is 9.67 Å². The van der Waals surface area contributed by atoms with Crippen molar-refractivity contribution in [1.29, 1.82) is 0 Å². The third-order valence-corrected chi connectivity index (χ3v) is 4.23. The first-order chi connectivity index (χ1) is 13.7. The highest BCUT2D eigenvalue weighted by Crippen LogP contribution is 2.40. The van der Waals surface area contributed by atoms with Crippen LogP contribution in [0.2, 0.25) is 5.02 Å². The normalized spacial score (nSPS) is 13.3. The van der Waals surface area contributed by atoms with Crippen LogP contribution < -0.4 is 4.74 Å². The summed E-state index contributed by atoms with van der Waals surface area (Å²) in [4.78, 5) is 3.74. The van der Waals surface area contributed by atoms with Crippen molar-refractivity contribution in [2.75, 3.05) is 0 Å². The summed E-state index contributed by atoms with van der Waals surface area (Å²) in [6.07, 6.45) is -2.25. The van der Waals surface area contributed by atoms with Crippen LogP contribution in [0.15, 0.2) is 55.1 Å². The van der Waals surface area contributed by atoms with E-state index in [9.17, 15) is 18.3 Å². The van der Waals surface area contributed by atoms with Crippen LogP contribution in [0, 0.1) is 11.8 Å². The quantitative estimate of drug-likeness (QED) is 0.609. The molecule has 0 saturated heterocycles. The first-order valence-corrected chi connectivity index (χ1v) is 8.73. The molecule has 0 aliphatic rings. The smallest absolute Gasteiger partial charge is 0.416 e. The summed E-state index contributed by atoms with van der Waals surface area (Å²) < 4.78 is 48.1. The number of ether oxygens (including phenoxy) is 1. The molecule has 0 unspecified atom stereocenters. The summed E-state index contributed by atoms with van der Waals surface area (Å²) in [6, 6.07) is 9.50. The fourth-order valence-electron chi connectivity index (χ4n) is 2.77. The Labute approximate surface area is 169 Å². The molecule has 0 aliphatic carbocycles. The van der Waals surface area contributed by atoms with Crippen molar-refractivity contribution in [3.05, 3.63) is 71.3 Å². The van der Waals surface area contributed by atoms with E-state index in [-0.39, 0.29) is 12.3 Å². The number of halogens is 4. The van der Waals surface area contributed by atoms with Gasteiger partial charge in [0.2, 0.25) is 0 Å². The highest BCUT2D eigenvalue weighted by atomic mass is 35.5. The van der Waals surface area contributed by atoms with Crippen LogP contribution in [-0.4, -0.2) is 19.9 Å². The molecule has 5 nitrogen and oxygen atoms in total. The van der Waals surface area contributed by atoms with E-state index >= 15 is 0 Å². The number of aliphatic hydroxyl groups is 1. The van der Waals surface area contributed by atoms with Crippen LogP contribution in [0.3, 0.4) is 0 Å². The molecule has 2 aromatic carbocycles. The number of aromatic nitrogens is 3. The number of alkyl halides is 3. The maximum Gasteiger partial charge on any atom is 0.416 e. The molecule has 0 bridgehead atoms. The van der Waals surface area contributed by atoms with E-state index in [0.717, 1.165) is 12.1 Å². The second kappa shape index (κ2) is 8.15. The van der Waals surface area contributed by atoms with E-state index in [4.69, 9.17) is 16.3 Å². The number of hydrogen-bond acceptors (Lipinski definition) is 4. The third-order valence-electron chi connectivity index (χ3n) is 3.98. The lowest BCUT2D eigenvalue weighted by Crippen LogP contribution is -2.33. The summed E-state index contributed by atoms with van der Waals surface area (Å²) >= 11 is 5.80. The first-order valence-electron chi connectivity index (χ1n) is 8.35. The van der Waals surface area contributed by atoms with Gasteiger partial charge in [0.05, 0.1) is 12.1 Å². The van der Waals surface area contributed by atoms with E-state index in [1.54, 1.807) is 12.1 Å². The average molecular weight is 422 g/mol. The Morgan fingerprint density at radius 3 is 2.38 bits per heavy atom. The molecular weight excluding hydrogens is 407 g/mol. The summed E-state index contributed by atoms with van der Waals surface area (Å²) in [5, 5.41) is 15.3. The van der Waals surface area contributed by atoms with E-state index in [1.165, 1.54) is 42.5 Å². The standard InChI is InChI=1S/C20H15ClF3N3O2/c1-2-9-19(28,11-27-13-25-12-26-27)17-8-7-16(10-18(17)20(22,23)24)29-15-5-3-14(21)4-6-15/h3-8,10,12-13,28H,11H2,1H3/t19-/m1/s1. The predicted molar refractivity (Wildman–Crippen MR) is 100 cm³/mol. The zero-order chi connectivity index (χ0) is 21.1. The van der Waals surface area contributed by atoms with E-state index in [0.29, 0.717) is 10.8 Å². The van der Waals surface area contributed by atoms with E-state index < -0.39 is 22.9 Å². The Balaban J connectivity index is 2.04. The van der Waals surface area contributed by atoms with E-state index in [1.807, 2.05) is 0 Å². The van der Waals surface area contributed by atoms with Crippen LogP contribution >= 0.6 is 11.6 Å². The van der Waals surface area contributed by atoms with Crippen LogP contribution in [-0.2, 0) is 18.3 Å². The fraction of sp³-hybridized carbons (Fsp3) is 0.200. The molecule has 0 radical (unpaired) electrons. The number of rotatable bonds is 5. The van der Waals surface area contributed by atoms with Gasteiger partial charge in [-0.05, 0) is 43.3 Å². The molecule has 3 rings (SSSR count). The maximum atomic E-state index is 13.8. The van der Waals surface area contributed by atoms with Gasteiger partial charge in [0.25, 0.3) is 0 Å². The monoisotopic (exact) mass is 421 g/mol. The Morgan fingerprint density at radius 2 is 1.79 bits per heavy atom. The second-order valence-corrected chi connectivity index (χ2v) is 6.53. The van der Waals surface area contributed by atoms with Crippen molar-refractivity contribution in [3.8, 4) is 23.3 Å². The van der Waals surface area contributed by atoms with Crippen LogP contribution in [0.1, 0.15) is 18.1 Å². The molecular formula is C20H15ClF3N3O2. The molecule has 0 fully saturated rings. The largest absolute Gasteiger partial charge is 0.457 e. The Bertz CT molecular complexity index is 1040. The fourth-order valence-corrected chi connectivity index (χ4v) is 2.89. The molecule has 3 aromatic rings. The van der Waals surface area contributed by atoms with E-state index in [2.05, 4.69) is 21.9 Å². The van der Waals surface area contributed by atoms with Crippen molar-refractivity contribution < 1.29 is 23.0 Å². The Kier molecular flexibility index (Phi) is 5.82. The summed E-state index contributed by atoms with van der Waals surface area (Å²) in [7, 11) is 0. The Hall–Kier alpha value is -3.02. The molecule has 0 spiro atoms. The average Bonchev–Trinajstić information content (AvgIpc) is 3.16. The van der Waals surface area contributed by atoms with Gasteiger partial charge >= 0.3 is 6.18 Å². The minimum Gasteiger partial charge on any atom is -0.457 e.